The van der Waals surface area contributed by atoms with E-state index in [4.69, 9.17) is 0 Å². The van der Waals surface area contributed by atoms with Crippen molar-refractivity contribution in [3.05, 3.63) is 59.7 Å². The van der Waals surface area contributed by atoms with Gasteiger partial charge < -0.3 is 15.3 Å². The summed E-state index contributed by atoms with van der Waals surface area (Å²) in [5.41, 5.74) is 1.36. The summed E-state index contributed by atoms with van der Waals surface area (Å²) in [6.45, 7) is 7.34. The summed E-state index contributed by atoms with van der Waals surface area (Å²) < 4.78 is 28.4. The zero-order valence-corrected chi connectivity index (χ0v) is 22.4. The maximum absolute atomic E-state index is 12.9. The Morgan fingerprint density at radius 3 is 2.47 bits per heavy atom. The summed E-state index contributed by atoms with van der Waals surface area (Å²) in [4.78, 5) is 33.2. The van der Waals surface area contributed by atoms with E-state index in [1.807, 2.05) is 4.90 Å². The Kier molecular flexibility index (Phi) is 8.48. The number of aromatic carboxylic acids is 1. The van der Waals surface area contributed by atoms with Crippen LogP contribution in [0.1, 0.15) is 35.7 Å². The molecule has 0 saturated carbocycles. The molecule has 202 valence electrons. The molecule has 0 atom stereocenters. The van der Waals surface area contributed by atoms with E-state index in [0.29, 0.717) is 61.6 Å². The van der Waals surface area contributed by atoms with E-state index in [9.17, 15) is 23.1 Å². The van der Waals surface area contributed by atoms with E-state index in [-0.39, 0.29) is 22.1 Å². The van der Waals surface area contributed by atoms with Crippen LogP contribution in [0.15, 0.2) is 53.4 Å². The van der Waals surface area contributed by atoms with Crippen molar-refractivity contribution in [2.24, 2.45) is 0 Å². The highest BCUT2D eigenvalue weighted by Gasteiger charge is 2.23. The van der Waals surface area contributed by atoms with Gasteiger partial charge in [-0.15, -0.1) is 0 Å². The van der Waals surface area contributed by atoms with Crippen molar-refractivity contribution in [2.45, 2.75) is 31.6 Å². The van der Waals surface area contributed by atoms with Crippen LogP contribution in [-0.4, -0.2) is 74.6 Å². The second kappa shape index (κ2) is 11.8. The first-order chi connectivity index (χ1) is 18.2. The molecule has 11 heteroatoms. The molecule has 3 N–H and O–H groups in total. The predicted molar refractivity (Wildman–Crippen MR) is 147 cm³/mol. The molecule has 1 amide bonds. The molecule has 4 rings (SSSR count). The molecule has 0 spiro atoms. The van der Waals surface area contributed by atoms with E-state index in [1.54, 1.807) is 37.3 Å². The Bertz CT molecular complexity index is 1440. The molecule has 1 aliphatic heterocycles. The summed E-state index contributed by atoms with van der Waals surface area (Å²) in [6, 6.07) is 12.9. The third kappa shape index (κ3) is 6.40. The third-order valence-corrected chi connectivity index (χ3v) is 8.12. The van der Waals surface area contributed by atoms with Crippen LogP contribution >= 0.6 is 0 Å². The summed E-state index contributed by atoms with van der Waals surface area (Å²) in [5, 5.41) is 13.2. The maximum atomic E-state index is 12.9. The first kappa shape index (κ1) is 27.3. The first-order valence-corrected chi connectivity index (χ1v) is 14.2. The van der Waals surface area contributed by atoms with Gasteiger partial charge in [-0.25, -0.2) is 18.2 Å². The van der Waals surface area contributed by atoms with Gasteiger partial charge in [-0.2, -0.15) is 0 Å². The van der Waals surface area contributed by atoms with Gasteiger partial charge in [-0.05, 0) is 49.2 Å². The molecular weight excluding hydrogens is 506 g/mol. The quantitative estimate of drug-likeness (QED) is 0.335. The number of carbonyl (C=O) groups is 2. The van der Waals surface area contributed by atoms with Gasteiger partial charge in [0.15, 0.2) is 0 Å². The number of carboxylic acid groups (broad SMARTS) is 1. The number of sulfonamides is 1. The highest BCUT2D eigenvalue weighted by atomic mass is 32.2. The Morgan fingerprint density at radius 1 is 1.05 bits per heavy atom. The van der Waals surface area contributed by atoms with Crippen LogP contribution in [0.5, 0.6) is 0 Å². The molecule has 1 aromatic heterocycles. The molecule has 2 heterocycles. The summed E-state index contributed by atoms with van der Waals surface area (Å²) in [6.07, 6.45) is 1.99. The average molecular weight is 540 g/mol. The molecule has 3 aromatic rings. The van der Waals surface area contributed by atoms with Gasteiger partial charge >= 0.3 is 5.97 Å². The Morgan fingerprint density at radius 2 is 1.79 bits per heavy atom. The van der Waals surface area contributed by atoms with Gasteiger partial charge in [0.1, 0.15) is 5.82 Å². The van der Waals surface area contributed by atoms with Crippen LogP contribution in [0.4, 0.5) is 11.5 Å². The van der Waals surface area contributed by atoms with E-state index in [1.165, 1.54) is 18.2 Å². The summed E-state index contributed by atoms with van der Waals surface area (Å²) in [7, 11) is -3.85. The van der Waals surface area contributed by atoms with Crippen molar-refractivity contribution >= 4 is 44.3 Å². The van der Waals surface area contributed by atoms with Crippen molar-refractivity contribution in [3.63, 3.8) is 0 Å². The standard InChI is InChI=1S/C27H33N5O5S/c1-3-4-11-28-26(33)18-31-12-14-32(15-13-31)25-17-22(27(34)35)21-16-20(9-10-23(21)29-25)30-38(36,37)24-8-6-5-7-19(24)2/h5-10,16-17,30H,3-4,11-15,18H2,1-2H3,(H,28,33)(H,34,35). The lowest BCUT2D eigenvalue weighted by atomic mass is 10.1. The number of piperazine rings is 1. The molecule has 0 bridgehead atoms. The lowest BCUT2D eigenvalue weighted by Gasteiger charge is -2.35. The van der Waals surface area contributed by atoms with E-state index >= 15 is 0 Å². The number of aryl methyl sites for hydroxylation is 1. The zero-order valence-electron chi connectivity index (χ0n) is 21.6. The lowest BCUT2D eigenvalue weighted by Crippen LogP contribution is -2.49. The summed E-state index contributed by atoms with van der Waals surface area (Å²) >= 11 is 0. The van der Waals surface area contributed by atoms with Crippen molar-refractivity contribution in [3.8, 4) is 0 Å². The number of anilines is 2. The number of unbranched alkanes of at least 4 members (excludes halogenated alkanes) is 1. The molecule has 38 heavy (non-hydrogen) atoms. The minimum Gasteiger partial charge on any atom is -0.478 e. The SMILES string of the molecule is CCCCNC(=O)CN1CCN(c2cc(C(=O)O)c3cc(NS(=O)(=O)c4ccccc4C)ccc3n2)CC1. The zero-order chi connectivity index (χ0) is 27.3. The minimum atomic E-state index is -3.85. The van der Waals surface area contributed by atoms with Gasteiger partial charge in [0.05, 0.1) is 22.5 Å². The van der Waals surface area contributed by atoms with Crippen LogP contribution in [0, 0.1) is 6.92 Å². The number of carbonyl (C=O) groups excluding carboxylic acids is 1. The van der Waals surface area contributed by atoms with Crippen LogP contribution in [-0.2, 0) is 14.8 Å². The fourth-order valence-electron chi connectivity index (χ4n) is 4.48. The molecule has 1 fully saturated rings. The molecule has 2 aromatic carbocycles. The number of hydrogen-bond donors (Lipinski definition) is 3. The molecule has 1 aliphatic rings. The Labute approximate surface area is 222 Å². The lowest BCUT2D eigenvalue weighted by molar-refractivity contribution is -0.122. The van der Waals surface area contributed by atoms with Gasteiger partial charge in [0.2, 0.25) is 5.91 Å². The third-order valence-electron chi connectivity index (χ3n) is 6.58. The maximum Gasteiger partial charge on any atom is 0.336 e. The smallest absolute Gasteiger partial charge is 0.336 e. The number of nitrogens with zero attached hydrogens (tertiary/aromatic N) is 3. The van der Waals surface area contributed by atoms with Crippen molar-refractivity contribution < 1.29 is 23.1 Å². The van der Waals surface area contributed by atoms with Crippen LogP contribution in [0.25, 0.3) is 10.9 Å². The van der Waals surface area contributed by atoms with Gasteiger partial charge in [0.25, 0.3) is 10.0 Å². The molecule has 10 nitrogen and oxygen atoms in total. The second-order valence-electron chi connectivity index (χ2n) is 9.40. The number of carboxylic acids is 1. The van der Waals surface area contributed by atoms with E-state index < -0.39 is 16.0 Å². The normalized spacial score (nSPS) is 14.4. The van der Waals surface area contributed by atoms with Crippen molar-refractivity contribution in [2.75, 3.05) is 48.9 Å². The number of rotatable bonds is 10. The average Bonchev–Trinajstić information content (AvgIpc) is 2.88. The minimum absolute atomic E-state index is 0.0118. The molecule has 0 radical (unpaired) electrons. The number of nitrogens with one attached hydrogen (secondary N) is 2. The van der Waals surface area contributed by atoms with E-state index in [2.05, 4.69) is 26.8 Å². The van der Waals surface area contributed by atoms with Crippen LogP contribution in [0.2, 0.25) is 0 Å². The molecular formula is C27H33N5O5S. The fourth-order valence-corrected chi connectivity index (χ4v) is 5.78. The Hall–Kier alpha value is -3.70. The fraction of sp³-hybridized carbons (Fsp3) is 0.370. The highest BCUT2D eigenvalue weighted by molar-refractivity contribution is 7.92. The first-order valence-electron chi connectivity index (χ1n) is 12.7. The molecule has 1 saturated heterocycles. The number of benzene rings is 2. The number of fused-ring (bicyclic) bond motifs is 1. The van der Waals surface area contributed by atoms with E-state index in [0.717, 1.165) is 12.8 Å². The number of pyridine rings is 1. The van der Waals surface area contributed by atoms with Gasteiger partial charge in [-0.3, -0.25) is 14.4 Å². The second-order valence-corrected chi connectivity index (χ2v) is 11.1. The highest BCUT2D eigenvalue weighted by Crippen LogP contribution is 2.28. The number of amides is 1. The molecule has 0 unspecified atom stereocenters. The van der Waals surface area contributed by atoms with Crippen molar-refractivity contribution in [1.82, 2.24) is 15.2 Å². The topological polar surface area (TPSA) is 132 Å². The largest absolute Gasteiger partial charge is 0.478 e. The Balaban J connectivity index is 1.51. The van der Waals surface area contributed by atoms with Crippen LogP contribution in [0.3, 0.4) is 0 Å². The van der Waals surface area contributed by atoms with Crippen molar-refractivity contribution in [1.29, 1.82) is 0 Å². The molecule has 0 aliphatic carbocycles. The monoisotopic (exact) mass is 539 g/mol. The van der Waals surface area contributed by atoms with Crippen LogP contribution < -0.4 is 14.9 Å². The van der Waals surface area contributed by atoms with Gasteiger partial charge in [0, 0.05) is 43.8 Å². The predicted octanol–water partition coefficient (Wildman–Crippen LogP) is 3.08. The summed E-state index contributed by atoms with van der Waals surface area (Å²) in [5.74, 6) is -0.576. The van der Waals surface area contributed by atoms with Gasteiger partial charge in [-0.1, -0.05) is 31.5 Å². The number of aromatic nitrogens is 1. The number of hydrogen-bond acceptors (Lipinski definition) is 7.